The Morgan fingerprint density at radius 2 is 2.14 bits per heavy atom. The number of carbonyl (C=O) groups excluding carboxylic acids is 1. The molecule has 1 N–H and O–H groups in total. The van der Waals surface area contributed by atoms with Crippen LogP contribution in [0.25, 0.3) is 0 Å². The Balaban J connectivity index is 1.65. The molecule has 3 rings (SSSR count). The minimum absolute atomic E-state index is 0.00251. The first kappa shape index (κ1) is 14.6. The first-order valence-corrected chi connectivity index (χ1v) is 7.73. The first-order chi connectivity index (χ1) is 10.6. The normalized spacial score (nSPS) is 15.4. The van der Waals surface area contributed by atoms with Crippen molar-refractivity contribution in [3.63, 3.8) is 0 Å². The molecule has 116 valence electrons. The van der Waals surface area contributed by atoms with Crippen LogP contribution in [0.5, 0.6) is 0 Å². The Bertz CT molecular complexity index is 633. The van der Waals surface area contributed by atoms with Crippen LogP contribution >= 0.6 is 0 Å². The van der Waals surface area contributed by atoms with Crippen molar-refractivity contribution in [1.29, 1.82) is 0 Å². The highest BCUT2D eigenvalue weighted by Gasteiger charge is 2.33. The molecule has 1 fully saturated rings. The lowest BCUT2D eigenvalue weighted by Gasteiger charge is -2.25. The van der Waals surface area contributed by atoms with Crippen molar-refractivity contribution in [2.75, 3.05) is 0 Å². The van der Waals surface area contributed by atoms with Gasteiger partial charge in [-0.1, -0.05) is 30.3 Å². The smallest absolute Gasteiger partial charge is 0.318 e. The van der Waals surface area contributed by atoms with Crippen LogP contribution in [0.3, 0.4) is 0 Å². The number of rotatable bonds is 5. The standard InChI is InChI=1S/C17H22N4O/c1-13(15-10-18-20(2)12-15)19-17(22)21(16-8-9-16)11-14-6-4-3-5-7-14/h3-7,10,12-13,16H,8-9,11H2,1-2H3,(H,19,22)/t13-/m1/s1. The topological polar surface area (TPSA) is 50.2 Å². The van der Waals surface area contributed by atoms with E-state index in [0.717, 1.165) is 18.4 Å². The van der Waals surface area contributed by atoms with Gasteiger partial charge in [0.15, 0.2) is 0 Å². The summed E-state index contributed by atoms with van der Waals surface area (Å²) >= 11 is 0. The molecule has 0 bridgehead atoms. The van der Waals surface area contributed by atoms with Crippen molar-refractivity contribution in [2.24, 2.45) is 7.05 Å². The maximum atomic E-state index is 12.6. The van der Waals surface area contributed by atoms with Gasteiger partial charge in [0.25, 0.3) is 0 Å². The molecule has 5 nitrogen and oxygen atoms in total. The van der Waals surface area contributed by atoms with Crippen LogP contribution in [0.4, 0.5) is 4.79 Å². The van der Waals surface area contributed by atoms with E-state index in [0.29, 0.717) is 12.6 Å². The van der Waals surface area contributed by atoms with Crippen LogP contribution in [-0.2, 0) is 13.6 Å². The summed E-state index contributed by atoms with van der Waals surface area (Å²) in [4.78, 5) is 14.6. The van der Waals surface area contributed by atoms with E-state index in [1.807, 2.05) is 43.3 Å². The summed E-state index contributed by atoms with van der Waals surface area (Å²) in [5, 5.41) is 7.24. The molecule has 1 atom stereocenters. The second-order valence-corrected chi connectivity index (χ2v) is 5.96. The third kappa shape index (κ3) is 3.47. The Kier molecular flexibility index (Phi) is 4.13. The lowest BCUT2D eigenvalue weighted by molar-refractivity contribution is 0.188. The van der Waals surface area contributed by atoms with E-state index in [1.165, 1.54) is 5.56 Å². The molecule has 2 amide bonds. The molecule has 1 saturated carbocycles. The summed E-state index contributed by atoms with van der Waals surface area (Å²) in [6, 6.07) is 10.5. The van der Waals surface area contributed by atoms with Gasteiger partial charge in [-0.05, 0) is 25.3 Å². The average Bonchev–Trinajstić information content (AvgIpc) is 3.26. The second kappa shape index (κ2) is 6.22. The van der Waals surface area contributed by atoms with Crippen molar-refractivity contribution >= 4 is 6.03 Å². The lowest BCUT2D eigenvalue weighted by atomic mass is 10.2. The zero-order valence-electron chi connectivity index (χ0n) is 13.1. The highest BCUT2D eigenvalue weighted by atomic mass is 16.2. The van der Waals surface area contributed by atoms with Gasteiger partial charge in [-0.2, -0.15) is 5.10 Å². The number of amides is 2. The second-order valence-electron chi connectivity index (χ2n) is 5.96. The highest BCUT2D eigenvalue weighted by molar-refractivity contribution is 5.75. The Morgan fingerprint density at radius 3 is 2.73 bits per heavy atom. The van der Waals surface area contributed by atoms with Crippen molar-refractivity contribution < 1.29 is 4.79 Å². The minimum Gasteiger partial charge on any atom is -0.331 e. The van der Waals surface area contributed by atoms with Gasteiger partial charge in [-0.3, -0.25) is 4.68 Å². The summed E-state index contributed by atoms with van der Waals surface area (Å²) in [6.07, 6.45) is 5.93. The fourth-order valence-corrected chi connectivity index (χ4v) is 2.55. The van der Waals surface area contributed by atoms with Gasteiger partial charge < -0.3 is 10.2 Å². The molecule has 1 aromatic carbocycles. The molecule has 5 heteroatoms. The van der Waals surface area contributed by atoms with E-state index >= 15 is 0 Å². The Morgan fingerprint density at radius 1 is 1.41 bits per heavy atom. The number of nitrogens with zero attached hydrogens (tertiary/aromatic N) is 3. The van der Waals surface area contributed by atoms with Gasteiger partial charge in [-0.15, -0.1) is 0 Å². The molecular formula is C17H22N4O. The monoisotopic (exact) mass is 298 g/mol. The molecular weight excluding hydrogens is 276 g/mol. The SMILES string of the molecule is C[C@@H](NC(=O)N(Cc1ccccc1)C1CC1)c1cnn(C)c1. The van der Waals surface area contributed by atoms with Crippen molar-refractivity contribution in [3.8, 4) is 0 Å². The molecule has 0 aliphatic heterocycles. The van der Waals surface area contributed by atoms with Crippen LogP contribution in [0.1, 0.15) is 36.9 Å². The van der Waals surface area contributed by atoms with E-state index in [9.17, 15) is 4.79 Å². The van der Waals surface area contributed by atoms with Crippen LogP contribution in [0.15, 0.2) is 42.7 Å². The summed E-state index contributed by atoms with van der Waals surface area (Å²) in [5.41, 5.74) is 2.19. The largest absolute Gasteiger partial charge is 0.331 e. The predicted octanol–water partition coefficient (Wildman–Crippen LogP) is 2.86. The van der Waals surface area contributed by atoms with Crippen LogP contribution in [0.2, 0.25) is 0 Å². The number of aryl methyl sites for hydroxylation is 1. The molecule has 1 aliphatic rings. The molecule has 0 saturated heterocycles. The van der Waals surface area contributed by atoms with E-state index in [2.05, 4.69) is 22.5 Å². The first-order valence-electron chi connectivity index (χ1n) is 7.73. The van der Waals surface area contributed by atoms with Gasteiger partial charge >= 0.3 is 6.03 Å². The fraction of sp³-hybridized carbons (Fsp3) is 0.412. The van der Waals surface area contributed by atoms with Gasteiger partial charge in [0.05, 0.1) is 12.2 Å². The zero-order valence-corrected chi connectivity index (χ0v) is 13.1. The zero-order chi connectivity index (χ0) is 15.5. The van der Waals surface area contributed by atoms with Crippen LogP contribution in [0, 0.1) is 0 Å². The molecule has 1 aromatic heterocycles. The van der Waals surface area contributed by atoms with Crippen molar-refractivity contribution in [3.05, 3.63) is 53.9 Å². The quantitative estimate of drug-likeness (QED) is 0.922. The third-order valence-corrected chi connectivity index (χ3v) is 4.01. The van der Waals surface area contributed by atoms with E-state index in [4.69, 9.17) is 0 Å². The summed E-state index contributed by atoms with van der Waals surface area (Å²) < 4.78 is 1.75. The summed E-state index contributed by atoms with van der Waals surface area (Å²) in [6.45, 7) is 2.65. The van der Waals surface area contributed by atoms with Gasteiger partial charge in [0.2, 0.25) is 0 Å². The van der Waals surface area contributed by atoms with Gasteiger partial charge in [0.1, 0.15) is 0 Å². The maximum absolute atomic E-state index is 12.6. The third-order valence-electron chi connectivity index (χ3n) is 4.01. The Labute approximate surface area is 130 Å². The summed E-state index contributed by atoms with van der Waals surface area (Å²) in [7, 11) is 1.88. The highest BCUT2D eigenvalue weighted by Crippen LogP contribution is 2.28. The molecule has 1 aliphatic carbocycles. The van der Waals surface area contributed by atoms with Crippen molar-refractivity contribution in [2.45, 2.75) is 38.4 Å². The summed E-state index contributed by atoms with van der Waals surface area (Å²) in [5.74, 6) is 0. The van der Waals surface area contributed by atoms with Gasteiger partial charge in [0, 0.05) is 31.4 Å². The number of hydrogen-bond acceptors (Lipinski definition) is 2. The molecule has 0 unspecified atom stereocenters. The van der Waals surface area contributed by atoms with E-state index in [-0.39, 0.29) is 12.1 Å². The minimum atomic E-state index is -0.0433. The number of hydrogen-bond donors (Lipinski definition) is 1. The predicted molar refractivity (Wildman–Crippen MR) is 85.2 cm³/mol. The number of carbonyl (C=O) groups is 1. The number of aromatic nitrogens is 2. The molecule has 0 radical (unpaired) electrons. The van der Waals surface area contributed by atoms with Crippen LogP contribution < -0.4 is 5.32 Å². The number of benzene rings is 1. The van der Waals surface area contributed by atoms with E-state index < -0.39 is 0 Å². The average molecular weight is 298 g/mol. The molecule has 22 heavy (non-hydrogen) atoms. The fourth-order valence-electron chi connectivity index (χ4n) is 2.55. The maximum Gasteiger partial charge on any atom is 0.318 e. The Hall–Kier alpha value is -2.30. The molecule has 0 spiro atoms. The molecule has 1 heterocycles. The lowest BCUT2D eigenvalue weighted by Crippen LogP contribution is -2.41. The van der Waals surface area contributed by atoms with Gasteiger partial charge in [-0.25, -0.2) is 4.79 Å². The number of nitrogens with one attached hydrogen (secondary N) is 1. The van der Waals surface area contributed by atoms with Crippen LogP contribution in [-0.4, -0.2) is 26.8 Å². The van der Waals surface area contributed by atoms with Crippen molar-refractivity contribution in [1.82, 2.24) is 20.0 Å². The number of urea groups is 1. The molecule has 2 aromatic rings. The van der Waals surface area contributed by atoms with E-state index in [1.54, 1.807) is 10.9 Å².